The molecule has 1 aromatic heterocycles. The predicted octanol–water partition coefficient (Wildman–Crippen LogP) is 2.09. The minimum atomic E-state index is -2.49. The van der Waals surface area contributed by atoms with Gasteiger partial charge in [-0.1, -0.05) is 0 Å². The van der Waals surface area contributed by atoms with Gasteiger partial charge in [-0.25, -0.2) is 8.78 Å². The van der Waals surface area contributed by atoms with Crippen LogP contribution in [0.1, 0.15) is 17.7 Å². The molecule has 62 valence electrons. The first-order valence-electron chi connectivity index (χ1n) is 3.34. The van der Waals surface area contributed by atoms with Gasteiger partial charge < -0.3 is 0 Å². The van der Waals surface area contributed by atoms with E-state index in [9.17, 15) is 8.78 Å². The number of alkyl halides is 2. The molecule has 0 bridgehead atoms. The van der Waals surface area contributed by atoms with E-state index in [4.69, 9.17) is 5.26 Å². The van der Waals surface area contributed by atoms with Crippen molar-refractivity contribution in [2.75, 3.05) is 0 Å². The third kappa shape index (κ3) is 1.99. The molecule has 0 atom stereocenters. The van der Waals surface area contributed by atoms with Crippen molar-refractivity contribution in [3.05, 3.63) is 29.6 Å². The zero-order valence-electron chi connectivity index (χ0n) is 6.17. The number of nitrogens with zero attached hydrogens (tertiary/aromatic N) is 2. The Kier molecular flexibility index (Phi) is 2.70. The molecule has 1 aromatic rings. The summed E-state index contributed by atoms with van der Waals surface area (Å²) in [5.74, 6) is 0. The van der Waals surface area contributed by atoms with Crippen LogP contribution in [-0.2, 0) is 6.42 Å². The van der Waals surface area contributed by atoms with Gasteiger partial charge in [0.2, 0.25) is 0 Å². The SMILES string of the molecule is N#CCc1ccc(C(F)F)cn1. The Morgan fingerprint density at radius 3 is 2.67 bits per heavy atom. The summed E-state index contributed by atoms with van der Waals surface area (Å²) < 4.78 is 24.0. The quantitative estimate of drug-likeness (QED) is 0.677. The maximum Gasteiger partial charge on any atom is 0.265 e. The van der Waals surface area contributed by atoms with Gasteiger partial charge in [-0.05, 0) is 12.1 Å². The molecular formula is C8H6F2N2. The number of hydrogen-bond acceptors (Lipinski definition) is 2. The Labute approximate surface area is 68.5 Å². The average Bonchev–Trinajstić information content (AvgIpc) is 2.06. The fourth-order valence-corrected chi connectivity index (χ4v) is 0.751. The van der Waals surface area contributed by atoms with Crippen LogP contribution in [0.4, 0.5) is 8.78 Å². The summed E-state index contributed by atoms with van der Waals surface area (Å²) >= 11 is 0. The standard InChI is InChI=1S/C8H6F2N2/c9-8(10)6-1-2-7(3-4-11)12-5-6/h1-2,5,8H,3H2. The van der Waals surface area contributed by atoms with E-state index in [2.05, 4.69) is 4.98 Å². The molecule has 0 aliphatic rings. The zero-order chi connectivity index (χ0) is 8.97. The first-order chi connectivity index (χ1) is 5.74. The van der Waals surface area contributed by atoms with E-state index in [0.29, 0.717) is 5.69 Å². The largest absolute Gasteiger partial charge is 0.265 e. The van der Waals surface area contributed by atoms with E-state index in [1.807, 2.05) is 6.07 Å². The average molecular weight is 168 g/mol. The molecule has 4 heteroatoms. The molecular weight excluding hydrogens is 162 g/mol. The van der Waals surface area contributed by atoms with E-state index in [-0.39, 0.29) is 12.0 Å². The summed E-state index contributed by atoms with van der Waals surface area (Å²) in [4.78, 5) is 3.69. The molecule has 0 fully saturated rings. The van der Waals surface area contributed by atoms with Gasteiger partial charge in [-0.2, -0.15) is 5.26 Å². The number of aromatic nitrogens is 1. The first kappa shape index (κ1) is 8.60. The summed E-state index contributed by atoms with van der Waals surface area (Å²) in [6.07, 6.45) is -1.24. The lowest BCUT2D eigenvalue weighted by Gasteiger charge is -1.98. The van der Waals surface area contributed by atoms with Crippen LogP contribution in [0.3, 0.4) is 0 Å². The van der Waals surface area contributed by atoms with E-state index in [0.717, 1.165) is 6.20 Å². The Morgan fingerprint density at radius 2 is 2.25 bits per heavy atom. The van der Waals surface area contributed by atoms with E-state index in [1.165, 1.54) is 12.1 Å². The molecule has 0 aromatic carbocycles. The molecule has 12 heavy (non-hydrogen) atoms. The van der Waals surface area contributed by atoms with Crippen molar-refractivity contribution in [3.63, 3.8) is 0 Å². The summed E-state index contributed by atoms with van der Waals surface area (Å²) in [6.45, 7) is 0. The minimum absolute atomic E-state index is 0.114. The van der Waals surface area contributed by atoms with Crippen LogP contribution in [0, 0.1) is 11.3 Å². The number of pyridine rings is 1. The Balaban J connectivity index is 2.80. The molecule has 0 unspecified atom stereocenters. The number of hydrogen-bond donors (Lipinski definition) is 0. The molecule has 0 spiro atoms. The van der Waals surface area contributed by atoms with Crippen molar-refractivity contribution in [1.29, 1.82) is 5.26 Å². The lowest BCUT2D eigenvalue weighted by molar-refractivity contribution is 0.151. The highest BCUT2D eigenvalue weighted by molar-refractivity contribution is 5.16. The molecule has 1 heterocycles. The lowest BCUT2D eigenvalue weighted by Crippen LogP contribution is -1.90. The highest BCUT2D eigenvalue weighted by atomic mass is 19.3. The molecule has 0 N–H and O–H groups in total. The second kappa shape index (κ2) is 3.77. The fraction of sp³-hybridized carbons (Fsp3) is 0.250. The van der Waals surface area contributed by atoms with Crippen LogP contribution in [0.15, 0.2) is 18.3 Å². The predicted molar refractivity (Wildman–Crippen MR) is 38.5 cm³/mol. The van der Waals surface area contributed by atoms with Crippen LogP contribution in [0.5, 0.6) is 0 Å². The molecule has 0 aliphatic carbocycles. The van der Waals surface area contributed by atoms with Crippen LogP contribution in [0.2, 0.25) is 0 Å². The van der Waals surface area contributed by atoms with E-state index < -0.39 is 6.43 Å². The number of nitriles is 1. The Hall–Kier alpha value is -1.50. The van der Waals surface area contributed by atoms with E-state index >= 15 is 0 Å². The number of rotatable bonds is 2. The maximum atomic E-state index is 12.0. The van der Waals surface area contributed by atoms with Gasteiger partial charge in [0.25, 0.3) is 6.43 Å². The van der Waals surface area contributed by atoms with Gasteiger partial charge in [0.05, 0.1) is 18.2 Å². The summed E-state index contributed by atoms with van der Waals surface area (Å²) in [6, 6.07) is 4.60. The Bertz CT molecular complexity index is 287. The fourth-order valence-electron chi connectivity index (χ4n) is 0.751. The normalized spacial score (nSPS) is 9.83. The Morgan fingerprint density at radius 1 is 1.50 bits per heavy atom. The second-order valence-corrected chi connectivity index (χ2v) is 2.22. The summed E-state index contributed by atoms with van der Waals surface area (Å²) in [5.41, 5.74) is 0.401. The topological polar surface area (TPSA) is 36.7 Å². The van der Waals surface area contributed by atoms with Crippen molar-refractivity contribution >= 4 is 0 Å². The summed E-state index contributed by atoms with van der Waals surface area (Å²) in [7, 11) is 0. The number of halogens is 2. The lowest BCUT2D eigenvalue weighted by atomic mass is 10.2. The van der Waals surface area contributed by atoms with Gasteiger partial charge in [-0.3, -0.25) is 4.98 Å². The van der Waals surface area contributed by atoms with Crippen LogP contribution >= 0.6 is 0 Å². The van der Waals surface area contributed by atoms with Crippen molar-refractivity contribution in [2.45, 2.75) is 12.8 Å². The van der Waals surface area contributed by atoms with Crippen LogP contribution < -0.4 is 0 Å². The first-order valence-corrected chi connectivity index (χ1v) is 3.34. The van der Waals surface area contributed by atoms with Crippen molar-refractivity contribution in [1.82, 2.24) is 4.98 Å². The van der Waals surface area contributed by atoms with Crippen LogP contribution in [-0.4, -0.2) is 4.98 Å². The third-order valence-corrected chi connectivity index (χ3v) is 1.36. The van der Waals surface area contributed by atoms with Crippen molar-refractivity contribution < 1.29 is 8.78 Å². The van der Waals surface area contributed by atoms with Gasteiger partial charge >= 0.3 is 0 Å². The molecule has 0 radical (unpaired) electrons. The molecule has 1 rings (SSSR count). The minimum Gasteiger partial charge on any atom is -0.260 e. The van der Waals surface area contributed by atoms with E-state index in [1.54, 1.807) is 0 Å². The van der Waals surface area contributed by atoms with Gasteiger partial charge in [-0.15, -0.1) is 0 Å². The third-order valence-electron chi connectivity index (χ3n) is 1.36. The smallest absolute Gasteiger partial charge is 0.260 e. The monoisotopic (exact) mass is 168 g/mol. The van der Waals surface area contributed by atoms with Crippen molar-refractivity contribution in [3.8, 4) is 6.07 Å². The summed E-state index contributed by atoms with van der Waals surface area (Å²) in [5, 5.41) is 8.26. The van der Waals surface area contributed by atoms with Gasteiger partial charge in [0, 0.05) is 11.8 Å². The highest BCUT2D eigenvalue weighted by Crippen LogP contribution is 2.16. The van der Waals surface area contributed by atoms with Crippen LogP contribution in [0.25, 0.3) is 0 Å². The molecule has 0 amide bonds. The van der Waals surface area contributed by atoms with Crippen molar-refractivity contribution in [2.24, 2.45) is 0 Å². The maximum absolute atomic E-state index is 12.0. The molecule has 0 saturated carbocycles. The molecule has 0 saturated heterocycles. The van der Waals surface area contributed by atoms with Gasteiger partial charge in [0.1, 0.15) is 0 Å². The van der Waals surface area contributed by atoms with Gasteiger partial charge in [0.15, 0.2) is 0 Å². The highest BCUT2D eigenvalue weighted by Gasteiger charge is 2.06. The second-order valence-electron chi connectivity index (χ2n) is 2.22. The molecule has 0 aliphatic heterocycles. The zero-order valence-corrected chi connectivity index (χ0v) is 6.17. The molecule has 2 nitrogen and oxygen atoms in total.